The van der Waals surface area contributed by atoms with Crippen molar-refractivity contribution in [1.29, 1.82) is 0 Å². The number of alkyl carbamates (subject to hydrolysis) is 1. The number of amides is 4. The molecule has 1 unspecified atom stereocenters. The lowest BCUT2D eigenvalue weighted by Crippen LogP contribution is -2.52. The molecular weight excluding hydrogens is 763 g/mol. The van der Waals surface area contributed by atoms with E-state index in [-0.39, 0.29) is 42.4 Å². The fourth-order valence-electron chi connectivity index (χ4n) is 8.70. The number of imidazole rings is 1. The van der Waals surface area contributed by atoms with E-state index in [1.54, 1.807) is 4.90 Å². The average Bonchev–Trinajstić information content (AvgIpc) is 4.08. The number of nitrogens with one attached hydrogen (secondary N) is 2. The van der Waals surface area contributed by atoms with Gasteiger partial charge in [0.15, 0.2) is 0 Å². The van der Waals surface area contributed by atoms with E-state index < -0.39 is 23.8 Å². The molecule has 4 aliphatic heterocycles. The van der Waals surface area contributed by atoms with Crippen molar-refractivity contribution in [3.8, 4) is 22.4 Å². The van der Waals surface area contributed by atoms with Crippen LogP contribution in [0.4, 0.5) is 9.59 Å². The summed E-state index contributed by atoms with van der Waals surface area (Å²) < 4.78 is 16.0. The maximum atomic E-state index is 13.9. The van der Waals surface area contributed by atoms with Crippen LogP contribution in [0.2, 0.25) is 0 Å². The van der Waals surface area contributed by atoms with Crippen LogP contribution in [0.1, 0.15) is 97.0 Å². The van der Waals surface area contributed by atoms with Crippen LogP contribution in [0, 0.1) is 5.92 Å². The van der Waals surface area contributed by atoms with E-state index >= 15 is 0 Å². The number of aromatic amines is 1. The number of allylic oxidation sites excluding steroid dienone is 1. The van der Waals surface area contributed by atoms with Gasteiger partial charge >= 0.3 is 12.2 Å². The fraction of sp³-hybridized carbons (Fsp3) is 0.522. The molecule has 60 heavy (non-hydrogen) atoms. The van der Waals surface area contributed by atoms with Crippen molar-refractivity contribution in [1.82, 2.24) is 30.0 Å². The van der Waals surface area contributed by atoms with E-state index in [0.29, 0.717) is 45.6 Å². The highest BCUT2D eigenvalue weighted by molar-refractivity contribution is 6.03. The molecule has 3 saturated heterocycles. The number of hydrogen-bond acceptors (Lipinski definition) is 9. The maximum Gasteiger partial charge on any atom is 0.411 e. The zero-order valence-corrected chi connectivity index (χ0v) is 35.7. The second-order valence-electron chi connectivity index (χ2n) is 17.5. The van der Waals surface area contributed by atoms with Crippen molar-refractivity contribution in [2.75, 3.05) is 40.0 Å². The highest BCUT2D eigenvalue weighted by Crippen LogP contribution is 2.35. The Morgan fingerprint density at radius 2 is 1.50 bits per heavy atom. The molecule has 0 spiro atoms. The Bertz CT molecular complexity index is 2080. The number of carbonyl (C=O) groups excluding carboxylic acids is 4. The maximum absolute atomic E-state index is 13.9. The number of hydrogen-bond donors (Lipinski definition) is 2. The van der Waals surface area contributed by atoms with Gasteiger partial charge in [0.05, 0.1) is 31.1 Å². The minimum Gasteiger partial charge on any atom is -0.453 e. The van der Waals surface area contributed by atoms with Crippen molar-refractivity contribution in [2.24, 2.45) is 10.9 Å². The third-order valence-electron chi connectivity index (χ3n) is 11.9. The summed E-state index contributed by atoms with van der Waals surface area (Å²) in [7, 11) is 1.29. The predicted octanol–water partition coefficient (Wildman–Crippen LogP) is 7.38. The highest BCUT2D eigenvalue weighted by Gasteiger charge is 2.39. The van der Waals surface area contributed by atoms with Gasteiger partial charge in [-0.1, -0.05) is 62.4 Å². The Morgan fingerprint density at radius 3 is 2.13 bits per heavy atom. The number of aromatic nitrogens is 2. The third-order valence-corrected chi connectivity index (χ3v) is 11.9. The first-order valence-electron chi connectivity index (χ1n) is 21.3. The summed E-state index contributed by atoms with van der Waals surface area (Å²) in [6, 6.07) is 15.7. The summed E-state index contributed by atoms with van der Waals surface area (Å²) in [5.74, 6) is 0.412. The number of carbonyl (C=O) groups is 4. The summed E-state index contributed by atoms with van der Waals surface area (Å²) in [5, 5.41) is 2.70. The normalized spacial score (nSPS) is 20.2. The number of ether oxygens (including phenoxy) is 3. The lowest BCUT2D eigenvalue weighted by molar-refractivity contribution is -0.135. The Balaban J connectivity index is 0.953. The Morgan fingerprint density at radius 1 is 0.883 bits per heavy atom. The molecule has 320 valence electrons. The molecule has 7 rings (SSSR count). The van der Waals surface area contributed by atoms with E-state index in [9.17, 15) is 19.2 Å². The smallest absolute Gasteiger partial charge is 0.411 e. The zero-order valence-electron chi connectivity index (χ0n) is 35.7. The Labute approximate surface area is 352 Å². The largest absolute Gasteiger partial charge is 0.453 e. The molecule has 4 amide bonds. The molecule has 14 nitrogen and oxygen atoms in total. The second-order valence-corrected chi connectivity index (χ2v) is 17.5. The van der Waals surface area contributed by atoms with E-state index in [1.165, 1.54) is 7.11 Å². The molecule has 0 radical (unpaired) electrons. The first-order valence-corrected chi connectivity index (χ1v) is 21.3. The number of methoxy groups -OCH3 is 1. The molecule has 4 aliphatic rings. The van der Waals surface area contributed by atoms with Crippen LogP contribution in [0.3, 0.4) is 0 Å². The van der Waals surface area contributed by atoms with Crippen molar-refractivity contribution < 1.29 is 33.4 Å². The Kier molecular flexibility index (Phi) is 13.1. The average molecular weight is 822 g/mol. The highest BCUT2D eigenvalue weighted by atomic mass is 16.6. The van der Waals surface area contributed by atoms with Crippen LogP contribution < -0.4 is 5.32 Å². The monoisotopic (exact) mass is 821 g/mol. The van der Waals surface area contributed by atoms with Gasteiger partial charge in [-0.2, -0.15) is 0 Å². The van der Waals surface area contributed by atoms with Gasteiger partial charge in [-0.15, -0.1) is 0 Å². The van der Waals surface area contributed by atoms with Crippen LogP contribution in [-0.2, 0) is 23.8 Å². The summed E-state index contributed by atoms with van der Waals surface area (Å²) >= 11 is 0. The third kappa shape index (κ3) is 9.75. The number of aliphatic imine (C=N–C) groups is 1. The Hall–Kier alpha value is -5.50. The van der Waals surface area contributed by atoms with E-state index in [1.807, 2.05) is 56.8 Å². The number of benzene rings is 2. The SMILES string of the molecule is COC(=O)N[C@H](C(=O)N1CCCC1c1ncc(-c2ccc(-c3ccc(C4=CN=C([C@@H]5CCCN5C(=O)CN(C(=O)OC(C)(C)C)C5CCOCC5)C4)cc3)cc2)[nH]1)C(C)C. The van der Waals surface area contributed by atoms with E-state index in [4.69, 9.17) is 19.2 Å². The molecular formula is C46H59N7O7. The van der Waals surface area contributed by atoms with Gasteiger partial charge < -0.3 is 34.3 Å². The van der Waals surface area contributed by atoms with Gasteiger partial charge in [0.2, 0.25) is 11.8 Å². The molecule has 0 aliphatic carbocycles. The van der Waals surface area contributed by atoms with Gasteiger partial charge in [0.1, 0.15) is 24.0 Å². The van der Waals surface area contributed by atoms with Crippen LogP contribution in [0.5, 0.6) is 0 Å². The lowest BCUT2D eigenvalue weighted by Gasteiger charge is -2.36. The first-order chi connectivity index (χ1) is 28.8. The van der Waals surface area contributed by atoms with Crippen molar-refractivity contribution >= 4 is 35.3 Å². The number of rotatable bonds is 11. The summed E-state index contributed by atoms with van der Waals surface area (Å²) in [6.07, 6.45) is 8.05. The molecule has 5 heterocycles. The minimum absolute atomic E-state index is 0.0196. The van der Waals surface area contributed by atoms with E-state index in [0.717, 1.165) is 70.7 Å². The minimum atomic E-state index is -0.686. The first kappa shape index (κ1) is 42.6. The molecule has 2 N–H and O–H groups in total. The molecule has 1 aromatic heterocycles. The standard InChI is InChI=1S/C46H59N7O7/c1-29(2)41(50-44(56)58-6)43(55)52-22-8-10-39(52)42-48-27-37(49-42)33-17-15-31(16-18-33)30-11-13-32(14-12-30)34-25-36(47-26-34)38-9-7-21-51(38)40(54)28-53(35-19-23-59-24-20-35)45(57)60-46(3,4)5/h11-18,26-27,29,35,38-39,41H,7-10,19-25,28H2,1-6H3,(H,48,49)(H,50,56)/t38-,39?,41-/m0/s1. The molecule has 0 bridgehead atoms. The van der Waals surface area contributed by atoms with Crippen molar-refractivity contribution in [2.45, 2.75) is 109 Å². The van der Waals surface area contributed by atoms with Gasteiger partial charge in [0.25, 0.3) is 0 Å². The molecule has 2 aromatic carbocycles. The second kappa shape index (κ2) is 18.4. The van der Waals surface area contributed by atoms with Gasteiger partial charge in [-0.3, -0.25) is 19.5 Å². The molecule has 3 fully saturated rings. The van der Waals surface area contributed by atoms with Gasteiger partial charge in [-0.05, 0) is 93.0 Å². The van der Waals surface area contributed by atoms with E-state index in [2.05, 4.69) is 63.8 Å². The summed E-state index contributed by atoms with van der Waals surface area (Å²) in [6.45, 7) is 11.7. The lowest BCUT2D eigenvalue weighted by atomic mass is 9.96. The van der Waals surface area contributed by atoms with Gasteiger partial charge in [0, 0.05) is 50.7 Å². The zero-order chi connectivity index (χ0) is 42.6. The van der Waals surface area contributed by atoms with Crippen molar-refractivity contribution in [3.05, 3.63) is 72.3 Å². The van der Waals surface area contributed by atoms with Crippen LogP contribution >= 0.6 is 0 Å². The fourth-order valence-corrected chi connectivity index (χ4v) is 8.70. The van der Waals surface area contributed by atoms with Crippen LogP contribution in [-0.4, -0.2) is 118 Å². The molecule has 3 aromatic rings. The summed E-state index contributed by atoms with van der Waals surface area (Å²) in [4.78, 5) is 71.0. The number of H-pyrrole nitrogens is 1. The van der Waals surface area contributed by atoms with Crippen LogP contribution in [0.15, 0.2) is 65.9 Å². The summed E-state index contributed by atoms with van der Waals surface area (Å²) in [5.41, 5.74) is 6.54. The van der Waals surface area contributed by atoms with Gasteiger partial charge in [-0.25, -0.2) is 14.6 Å². The predicted molar refractivity (Wildman–Crippen MR) is 229 cm³/mol. The number of likely N-dealkylation sites (tertiary alicyclic amines) is 2. The topological polar surface area (TPSA) is 159 Å². The molecule has 0 saturated carbocycles. The number of nitrogens with zero attached hydrogens (tertiary/aromatic N) is 5. The van der Waals surface area contributed by atoms with Crippen LogP contribution in [0.25, 0.3) is 28.0 Å². The molecule has 14 heteroatoms. The quantitative estimate of drug-likeness (QED) is 0.203. The van der Waals surface area contributed by atoms with Crippen molar-refractivity contribution in [3.63, 3.8) is 0 Å². The molecule has 3 atom stereocenters.